The van der Waals surface area contributed by atoms with Crippen molar-refractivity contribution in [3.05, 3.63) is 58.1 Å². The van der Waals surface area contributed by atoms with Crippen LogP contribution in [0.5, 0.6) is 5.75 Å². The lowest BCUT2D eigenvalue weighted by molar-refractivity contribution is 0.0948. The summed E-state index contributed by atoms with van der Waals surface area (Å²) in [6.07, 6.45) is -0.0442. The third-order valence-electron chi connectivity index (χ3n) is 4.56. The molecule has 0 aliphatic carbocycles. The molecule has 0 saturated heterocycles. The Bertz CT molecular complexity index is 849. The summed E-state index contributed by atoms with van der Waals surface area (Å²) in [7, 11) is 0. The van der Waals surface area contributed by atoms with Crippen LogP contribution in [0.3, 0.4) is 0 Å². The summed E-state index contributed by atoms with van der Waals surface area (Å²) in [6.45, 7) is 11.4. The number of benzene rings is 2. The number of nitrogens with zero attached hydrogens (tertiary/aromatic N) is 1. The number of carbonyl (C=O) groups is 2. The number of anilines is 1. The van der Waals surface area contributed by atoms with Crippen molar-refractivity contribution >= 4 is 33.4 Å². The van der Waals surface area contributed by atoms with E-state index in [1.54, 1.807) is 36.4 Å². The van der Waals surface area contributed by atoms with Gasteiger partial charge in [0.15, 0.2) is 0 Å². The summed E-state index contributed by atoms with van der Waals surface area (Å²) in [5.41, 5.74) is 1.60. The molecule has 2 aromatic rings. The first-order chi connectivity index (χ1) is 14.3. The predicted molar refractivity (Wildman–Crippen MR) is 124 cm³/mol. The van der Waals surface area contributed by atoms with Crippen molar-refractivity contribution in [2.75, 3.05) is 31.5 Å². The second kappa shape index (κ2) is 11.7. The summed E-state index contributed by atoms with van der Waals surface area (Å²) in [5, 5.41) is 5.79. The average molecular weight is 476 g/mol. The Morgan fingerprint density at radius 2 is 1.70 bits per heavy atom. The number of ether oxygens (including phenoxy) is 1. The number of nitrogens with one attached hydrogen (secondary N) is 2. The fourth-order valence-corrected chi connectivity index (χ4v) is 3.27. The quantitative estimate of drug-likeness (QED) is 0.528. The molecule has 0 radical (unpaired) electrons. The predicted octanol–water partition coefficient (Wildman–Crippen LogP) is 4.56. The highest BCUT2D eigenvalue weighted by Crippen LogP contribution is 2.25. The molecule has 0 atom stereocenters. The van der Waals surface area contributed by atoms with Crippen molar-refractivity contribution in [1.82, 2.24) is 10.2 Å². The molecular weight excluding hydrogens is 446 g/mol. The molecule has 162 valence electrons. The molecule has 0 bridgehead atoms. The van der Waals surface area contributed by atoms with E-state index in [-0.39, 0.29) is 17.9 Å². The monoisotopic (exact) mass is 475 g/mol. The maximum absolute atomic E-state index is 12.8. The Hall–Kier alpha value is -2.38. The van der Waals surface area contributed by atoms with Gasteiger partial charge >= 0.3 is 0 Å². The Morgan fingerprint density at radius 3 is 2.30 bits per heavy atom. The Balaban J connectivity index is 2.00. The van der Waals surface area contributed by atoms with Crippen LogP contribution in [-0.4, -0.2) is 49.0 Å². The lowest BCUT2D eigenvalue weighted by Crippen LogP contribution is -2.34. The van der Waals surface area contributed by atoms with E-state index in [1.807, 2.05) is 19.9 Å². The minimum absolute atomic E-state index is 0.0442. The molecule has 6 nitrogen and oxygen atoms in total. The smallest absolute Gasteiger partial charge is 0.259 e. The van der Waals surface area contributed by atoms with Crippen LogP contribution in [0.15, 0.2) is 46.9 Å². The maximum Gasteiger partial charge on any atom is 0.259 e. The molecule has 0 unspecified atom stereocenters. The minimum Gasteiger partial charge on any atom is -0.490 e. The van der Waals surface area contributed by atoms with Crippen molar-refractivity contribution < 1.29 is 14.3 Å². The van der Waals surface area contributed by atoms with Gasteiger partial charge in [-0.2, -0.15) is 0 Å². The van der Waals surface area contributed by atoms with Crippen LogP contribution in [0.4, 0.5) is 5.69 Å². The number of halogens is 1. The van der Waals surface area contributed by atoms with Crippen molar-refractivity contribution in [1.29, 1.82) is 0 Å². The van der Waals surface area contributed by atoms with Gasteiger partial charge in [-0.25, -0.2) is 0 Å². The SMILES string of the molecule is CCN(CC)CCNC(=O)c1ccc(NC(=O)c2cc(Br)ccc2OC(C)C)cc1. The van der Waals surface area contributed by atoms with E-state index in [0.29, 0.717) is 29.1 Å². The first-order valence-electron chi connectivity index (χ1n) is 10.2. The number of carbonyl (C=O) groups excluding carboxylic acids is 2. The molecule has 0 aromatic heterocycles. The van der Waals surface area contributed by atoms with Crippen LogP contribution in [0.2, 0.25) is 0 Å². The summed E-state index contributed by atoms with van der Waals surface area (Å²) >= 11 is 3.40. The summed E-state index contributed by atoms with van der Waals surface area (Å²) < 4.78 is 6.53. The van der Waals surface area contributed by atoms with Crippen molar-refractivity contribution in [2.45, 2.75) is 33.8 Å². The highest BCUT2D eigenvalue weighted by atomic mass is 79.9. The van der Waals surface area contributed by atoms with E-state index in [9.17, 15) is 9.59 Å². The van der Waals surface area contributed by atoms with Gasteiger partial charge in [-0.05, 0) is 69.4 Å². The third kappa shape index (κ3) is 7.15. The zero-order valence-electron chi connectivity index (χ0n) is 18.0. The topological polar surface area (TPSA) is 70.7 Å². The molecule has 0 aliphatic heterocycles. The van der Waals surface area contributed by atoms with Gasteiger partial charge in [-0.15, -0.1) is 0 Å². The van der Waals surface area contributed by atoms with Gasteiger partial charge in [0.1, 0.15) is 5.75 Å². The van der Waals surface area contributed by atoms with Crippen molar-refractivity contribution in [3.63, 3.8) is 0 Å². The summed E-state index contributed by atoms with van der Waals surface area (Å²) in [6, 6.07) is 12.2. The average Bonchev–Trinajstić information content (AvgIpc) is 2.72. The molecule has 0 aliphatic rings. The maximum atomic E-state index is 12.8. The highest BCUT2D eigenvalue weighted by Gasteiger charge is 2.15. The van der Waals surface area contributed by atoms with Crippen LogP contribution < -0.4 is 15.4 Å². The number of likely N-dealkylation sites (N-methyl/N-ethyl adjacent to an activating group) is 1. The third-order valence-corrected chi connectivity index (χ3v) is 5.06. The van der Waals surface area contributed by atoms with E-state index >= 15 is 0 Å². The Kier molecular flexibility index (Phi) is 9.33. The molecule has 2 amide bonds. The van der Waals surface area contributed by atoms with Crippen molar-refractivity contribution in [3.8, 4) is 5.75 Å². The van der Waals surface area contributed by atoms with Gasteiger partial charge in [0.2, 0.25) is 0 Å². The van der Waals surface area contributed by atoms with E-state index in [0.717, 1.165) is 24.1 Å². The lowest BCUT2D eigenvalue weighted by atomic mass is 10.1. The summed E-state index contributed by atoms with van der Waals surface area (Å²) in [4.78, 5) is 27.3. The molecule has 2 aromatic carbocycles. The fourth-order valence-electron chi connectivity index (χ4n) is 2.91. The Morgan fingerprint density at radius 1 is 1.03 bits per heavy atom. The molecule has 7 heteroatoms. The van der Waals surface area contributed by atoms with Gasteiger partial charge in [-0.1, -0.05) is 29.8 Å². The highest BCUT2D eigenvalue weighted by molar-refractivity contribution is 9.10. The van der Waals surface area contributed by atoms with Gasteiger partial charge in [0, 0.05) is 28.8 Å². The number of hydrogen-bond donors (Lipinski definition) is 2. The second-order valence-electron chi connectivity index (χ2n) is 7.12. The second-order valence-corrected chi connectivity index (χ2v) is 8.04. The van der Waals surface area contributed by atoms with E-state index in [2.05, 4.69) is 45.3 Å². The van der Waals surface area contributed by atoms with E-state index < -0.39 is 0 Å². The molecule has 0 spiro atoms. The number of hydrogen-bond acceptors (Lipinski definition) is 4. The van der Waals surface area contributed by atoms with Crippen molar-refractivity contribution in [2.24, 2.45) is 0 Å². The number of amides is 2. The van der Waals surface area contributed by atoms with E-state index in [1.165, 1.54) is 0 Å². The number of rotatable bonds is 10. The van der Waals surface area contributed by atoms with Gasteiger partial charge in [0.05, 0.1) is 11.7 Å². The standard InChI is InChI=1S/C23H30BrN3O3/c1-5-27(6-2)14-13-25-22(28)17-7-10-19(11-8-17)26-23(29)20-15-18(24)9-12-21(20)30-16(3)4/h7-12,15-16H,5-6,13-14H2,1-4H3,(H,25,28)(H,26,29). The van der Waals surface area contributed by atoms with Gasteiger partial charge in [0.25, 0.3) is 11.8 Å². The molecule has 0 saturated carbocycles. The fraction of sp³-hybridized carbons (Fsp3) is 0.391. The van der Waals surface area contributed by atoms with Crippen LogP contribution in [0, 0.1) is 0 Å². The molecule has 2 N–H and O–H groups in total. The molecule has 30 heavy (non-hydrogen) atoms. The van der Waals surface area contributed by atoms with Gasteiger partial charge < -0.3 is 20.3 Å². The van der Waals surface area contributed by atoms with Crippen LogP contribution in [0.25, 0.3) is 0 Å². The zero-order valence-corrected chi connectivity index (χ0v) is 19.6. The molecule has 0 heterocycles. The van der Waals surface area contributed by atoms with Gasteiger partial charge in [-0.3, -0.25) is 9.59 Å². The Labute approximate surface area is 187 Å². The van der Waals surface area contributed by atoms with E-state index in [4.69, 9.17) is 4.74 Å². The first-order valence-corrected chi connectivity index (χ1v) is 11.0. The van der Waals surface area contributed by atoms with Crippen LogP contribution >= 0.6 is 15.9 Å². The van der Waals surface area contributed by atoms with Crippen LogP contribution in [0.1, 0.15) is 48.4 Å². The van der Waals surface area contributed by atoms with Crippen LogP contribution in [-0.2, 0) is 0 Å². The lowest BCUT2D eigenvalue weighted by Gasteiger charge is -2.18. The normalized spacial score (nSPS) is 10.9. The minimum atomic E-state index is -0.275. The largest absolute Gasteiger partial charge is 0.490 e. The zero-order chi connectivity index (χ0) is 22.1. The molecule has 2 rings (SSSR count). The molecular formula is C23H30BrN3O3. The first kappa shape index (κ1) is 23.9. The molecule has 0 fully saturated rings. The summed E-state index contributed by atoms with van der Waals surface area (Å²) in [5.74, 6) is 0.123.